The third-order valence-corrected chi connectivity index (χ3v) is 8.33. The van der Waals surface area contributed by atoms with Crippen LogP contribution in [-0.4, -0.2) is 6.54 Å². The summed E-state index contributed by atoms with van der Waals surface area (Å²) in [6.45, 7) is 2.94. The maximum absolute atomic E-state index is 10.6. The Bertz CT molecular complexity index is 420. The van der Waals surface area contributed by atoms with E-state index >= 15 is 0 Å². The van der Waals surface area contributed by atoms with Gasteiger partial charge in [0.15, 0.2) is 0 Å². The van der Waals surface area contributed by atoms with Crippen LogP contribution in [-0.2, 0) is 0 Å². The van der Waals surface area contributed by atoms with E-state index in [0.717, 1.165) is 53.8 Å². The van der Waals surface area contributed by atoms with Crippen molar-refractivity contribution >= 4 is 0 Å². The summed E-state index contributed by atoms with van der Waals surface area (Å²) in [6, 6.07) is 0. The van der Waals surface area contributed by atoms with Crippen LogP contribution in [0.4, 0.5) is 0 Å². The fourth-order valence-electron chi connectivity index (χ4n) is 7.63. The van der Waals surface area contributed by atoms with E-state index in [9.17, 15) is 4.91 Å². The van der Waals surface area contributed by atoms with Gasteiger partial charge in [-0.15, -0.1) is 0 Å². The highest BCUT2D eigenvalue weighted by Crippen LogP contribution is 2.65. The van der Waals surface area contributed by atoms with E-state index < -0.39 is 0 Å². The highest BCUT2D eigenvalue weighted by molar-refractivity contribution is 5.07. The number of rotatable bonds is 5. The Balaban J connectivity index is 1.59. The van der Waals surface area contributed by atoms with Gasteiger partial charge in [-0.3, -0.25) is 0 Å². The predicted octanol–water partition coefficient (Wildman–Crippen LogP) is 6.05. The van der Waals surface area contributed by atoms with Gasteiger partial charge in [0.1, 0.15) is 0 Å². The SMILES string of the molecule is CCCC1CC2CCCCC3C4CC(CCN=O)CC2C3C4C1. The first-order valence-corrected chi connectivity index (χ1v) is 10.6. The number of fused-ring (bicyclic) bond motifs is 1. The molecular formula is C21H35NO. The van der Waals surface area contributed by atoms with Crippen LogP contribution < -0.4 is 0 Å². The lowest BCUT2D eigenvalue weighted by Crippen LogP contribution is -2.49. The lowest BCUT2D eigenvalue weighted by Gasteiger charge is -2.55. The molecule has 8 atom stereocenters. The second-order valence-corrected chi connectivity index (χ2v) is 9.38. The molecule has 0 radical (unpaired) electrons. The van der Waals surface area contributed by atoms with Crippen LogP contribution in [0.15, 0.2) is 5.18 Å². The zero-order valence-corrected chi connectivity index (χ0v) is 15.0. The van der Waals surface area contributed by atoms with E-state index in [1.807, 2.05) is 0 Å². The van der Waals surface area contributed by atoms with Crippen molar-refractivity contribution in [1.82, 2.24) is 0 Å². The molecule has 2 heteroatoms. The maximum atomic E-state index is 10.6. The quantitative estimate of drug-likeness (QED) is 0.568. The molecule has 0 aliphatic heterocycles. The van der Waals surface area contributed by atoms with Crippen LogP contribution in [0, 0.1) is 52.3 Å². The first-order valence-electron chi connectivity index (χ1n) is 10.6. The van der Waals surface area contributed by atoms with Gasteiger partial charge >= 0.3 is 0 Å². The van der Waals surface area contributed by atoms with Crippen molar-refractivity contribution in [3.8, 4) is 0 Å². The molecule has 8 unspecified atom stereocenters. The van der Waals surface area contributed by atoms with E-state index in [4.69, 9.17) is 0 Å². The summed E-state index contributed by atoms with van der Waals surface area (Å²) in [5, 5.41) is 3.18. The van der Waals surface area contributed by atoms with Crippen LogP contribution in [0.5, 0.6) is 0 Å². The summed E-state index contributed by atoms with van der Waals surface area (Å²) >= 11 is 0. The summed E-state index contributed by atoms with van der Waals surface area (Å²) < 4.78 is 0. The van der Waals surface area contributed by atoms with Crippen molar-refractivity contribution < 1.29 is 0 Å². The van der Waals surface area contributed by atoms with Gasteiger partial charge in [0.05, 0.1) is 6.54 Å². The average molecular weight is 318 g/mol. The van der Waals surface area contributed by atoms with Crippen molar-refractivity contribution in [3.05, 3.63) is 4.91 Å². The predicted molar refractivity (Wildman–Crippen MR) is 95.0 cm³/mol. The Labute approximate surface area is 142 Å². The molecule has 4 aliphatic rings. The molecule has 130 valence electrons. The third kappa shape index (κ3) is 2.89. The van der Waals surface area contributed by atoms with Crippen LogP contribution >= 0.6 is 0 Å². The topological polar surface area (TPSA) is 29.4 Å². The Hall–Kier alpha value is -0.400. The molecule has 2 nitrogen and oxygen atoms in total. The molecule has 4 aliphatic carbocycles. The van der Waals surface area contributed by atoms with Crippen LogP contribution in [0.3, 0.4) is 0 Å². The Kier molecular flexibility index (Phi) is 4.79. The molecule has 4 saturated carbocycles. The smallest absolute Gasteiger partial charge is 0.0813 e. The summed E-state index contributed by atoms with van der Waals surface area (Å²) in [7, 11) is 0. The molecule has 0 saturated heterocycles. The molecule has 0 heterocycles. The Morgan fingerprint density at radius 3 is 2.39 bits per heavy atom. The van der Waals surface area contributed by atoms with Gasteiger partial charge in [0.25, 0.3) is 0 Å². The minimum Gasteiger partial charge on any atom is -0.151 e. The van der Waals surface area contributed by atoms with E-state index in [1.165, 1.54) is 57.8 Å². The normalized spacial score (nSPS) is 48.6. The van der Waals surface area contributed by atoms with Gasteiger partial charge in [-0.2, -0.15) is 4.91 Å². The zero-order valence-electron chi connectivity index (χ0n) is 15.0. The van der Waals surface area contributed by atoms with Gasteiger partial charge in [-0.05, 0) is 85.9 Å². The van der Waals surface area contributed by atoms with Crippen LogP contribution in [0.1, 0.15) is 77.6 Å². The molecule has 0 N–H and O–H groups in total. The Morgan fingerprint density at radius 2 is 1.57 bits per heavy atom. The van der Waals surface area contributed by atoms with Gasteiger partial charge in [0.2, 0.25) is 0 Å². The van der Waals surface area contributed by atoms with E-state index in [-0.39, 0.29) is 0 Å². The van der Waals surface area contributed by atoms with Gasteiger partial charge in [-0.25, -0.2) is 0 Å². The first-order chi connectivity index (χ1) is 11.3. The lowest BCUT2D eigenvalue weighted by atomic mass is 9.50. The van der Waals surface area contributed by atoms with Gasteiger partial charge in [0, 0.05) is 0 Å². The summed E-state index contributed by atoms with van der Waals surface area (Å²) in [5.74, 6) is 8.04. The molecule has 4 rings (SSSR count). The van der Waals surface area contributed by atoms with Crippen LogP contribution in [0.25, 0.3) is 0 Å². The summed E-state index contributed by atoms with van der Waals surface area (Å²) in [6.07, 6.45) is 15.9. The number of hydrogen-bond donors (Lipinski definition) is 0. The molecule has 23 heavy (non-hydrogen) atoms. The van der Waals surface area contributed by atoms with Crippen molar-refractivity contribution in [2.24, 2.45) is 52.5 Å². The monoisotopic (exact) mass is 317 g/mol. The second kappa shape index (κ2) is 6.84. The minimum atomic E-state index is 0.563. The highest BCUT2D eigenvalue weighted by Gasteiger charge is 2.58. The molecule has 0 aromatic rings. The fraction of sp³-hybridized carbons (Fsp3) is 1.00. The van der Waals surface area contributed by atoms with E-state index in [0.29, 0.717) is 6.54 Å². The molecule has 5 bridgehead atoms. The molecular weight excluding hydrogens is 282 g/mol. The van der Waals surface area contributed by atoms with Crippen molar-refractivity contribution in [3.63, 3.8) is 0 Å². The summed E-state index contributed by atoms with van der Waals surface area (Å²) in [5.41, 5.74) is 0. The Morgan fingerprint density at radius 1 is 0.826 bits per heavy atom. The number of nitrogens with zero attached hydrogens (tertiary/aromatic N) is 1. The maximum Gasteiger partial charge on any atom is 0.0813 e. The van der Waals surface area contributed by atoms with E-state index in [1.54, 1.807) is 6.42 Å². The van der Waals surface area contributed by atoms with Crippen molar-refractivity contribution in [2.45, 2.75) is 77.6 Å². The highest BCUT2D eigenvalue weighted by atomic mass is 16.3. The van der Waals surface area contributed by atoms with E-state index in [2.05, 4.69) is 12.1 Å². The molecule has 0 spiro atoms. The minimum absolute atomic E-state index is 0.563. The van der Waals surface area contributed by atoms with Crippen molar-refractivity contribution in [2.75, 3.05) is 6.54 Å². The molecule has 0 aromatic carbocycles. The molecule has 0 aromatic heterocycles. The van der Waals surface area contributed by atoms with Crippen LogP contribution in [0.2, 0.25) is 0 Å². The molecule has 4 fully saturated rings. The number of hydrogen-bond acceptors (Lipinski definition) is 2. The van der Waals surface area contributed by atoms with Crippen molar-refractivity contribution in [1.29, 1.82) is 0 Å². The van der Waals surface area contributed by atoms with Gasteiger partial charge in [-0.1, -0.05) is 44.2 Å². The lowest BCUT2D eigenvalue weighted by molar-refractivity contribution is -0.0701. The molecule has 0 amide bonds. The fourth-order valence-corrected chi connectivity index (χ4v) is 7.63. The zero-order chi connectivity index (χ0) is 15.8. The first kappa shape index (κ1) is 16.1. The van der Waals surface area contributed by atoms with Gasteiger partial charge < -0.3 is 0 Å². The second-order valence-electron chi connectivity index (χ2n) is 9.38. The average Bonchev–Trinajstić information content (AvgIpc) is 2.88. The summed E-state index contributed by atoms with van der Waals surface area (Å²) in [4.78, 5) is 10.6. The largest absolute Gasteiger partial charge is 0.151 e. The third-order valence-electron chi connectivity index (χ3n) is 8.33. The number of nitroso groups, excluding NO2 is 1. The standard InChI is InChI=1S/C21H35NO/c1-2-5-14-10-16-6-3-4-7-17-19-12-15(8-9-22-23)11-18(16)21(17)20(19)13-14/h14-21H,2-13H2,1H3.